The highest BCUT2D eigenvalue weighted by Gasteiger charge is 2.23. The van der Waals surface area contributed by atoms with Crippen molar-refractivity contribution in [2.24, 2.45) is 5.10 Å². The smallest absolute Gasteiger partial charge is 0.293 e. The minimum atomic E-state index is -0.513. The number of anilines is 1. The first-order valence-electron chi connectivity index (χ1n) is 9.30. The lowest BCUT2D eigenvalue weighted by atomic mass is 10.1. The molecule has 4 rings (SSSR count). The Balaban J connectivity index is 1.56. The number of tetrazole rings is 1. The molecule has 31 heavy (non-hydrogen) atoms. The fourth-order valence-corrected chi connectivity index (χ4v) is 2.85. The van der Waals surface area contributed by atoms with Gasteiger partial charge in [-0.3, -0.25) is 4.79 Å². The van der Waals surface area contributed by atoms with Gasteiger partial charge in [0.2, 0.25) is 11.6 Å². The fourth-order valence-electron chi connectivity index (χ4n) is 2.85. The van der Waals surface area contributed by atoms with E-state index in [1.807, 2.05) is 31.2 Å². The number of hydrogen-bond donors (Lipinski definition) is 2. The lowest BCUT2D eigenvalue weighted by Crippen LogP contribution is -2.21. The molecule has 1 amide bonds. The summed E-state index contributed by atoms with van der Waals surface area (Å²) < 4.78 is 7.48. The average molecular weight is 422 g/mol. The molecule has 0 aliphatic heterocycles. The molecule has 3 N–H and O–H groups in total. The van der Waals surface area contributed by atoms with Crippen LogP contribution in [0.3, 0.4) is 0 Å². The number of carbonyl (C=O) groups is 1. The minimum absolute atomic E-state index is 0.0468. The predicted molar refractivity (Wildman–Crippen MR) is 106 cm³/mol. The van der Waals surface area contributed by atoms with E-state index in [1.165, 1.54) is 15.7 Å². The van der Waals surface area contributed by atoms with Gasteiger partial charge in [-0.1, -0.05) is 30.7 Å². The molecular formula is C17H18N12O2. The summed E-state index contributed by atoms with van der Waals surface area (Å²) in [7, 11) is 0. The molecule has 0 saturated carbocycles. The Bertz CT molecular complexity index is 1220. The van der Waals surface area contributed by atoms with Gasteiger partial charge in [-0.25, -0.2) is 14.7 Å². The van der Waals surface area contributed by atoms with Crippen molar-refractivity contribution < 1.29 is 9.42 Å². The summed E-state index contributed by atoms with van der Waals surface area (Å²) in [5, 5.41) is 30.5. The third-order valence-corrected chi connectivity index (χ3v) is 4.36. The van der Waals surface area contributed by atoms with Crippen molar-refractivity contribution in [3.63, 3.8) is 0 Å². The largest absolute Gasteiger partial charge is 0.378 e. The summed E-state index contributed by atoms with van der Waals surface area (Å²) in [6.07, 6.45) is 2.74. The van der Waals surface area contributed by atoms with Crippen molar-refractivity contribution in [3.8, 4) is 11.5 Å². The average Bonchev–Trinajstić information content (AvgIpc) is 3.53. The van der Waals surface area contributed by atoms with E-state index in [2.05, 4.69) is 51.3 Å². The van der Waals surface area contributed by atoms with Gasteiger partial charge in [0.05, 0.1) is 17.1 Å². The molecule has 0 fully saturated rings. The van der Waals surface area contributed by atoms with Crippen LogP contribution in [0.5, 0.6) is 0 Å². The quantitative estimate of drug-likeness (QED) is 0.311. The molecular weight excluding hydrogens is 404 g/mol. The number of nitrogens with one attached hydrogen (secondary N) is 1. The molecule has 0 spiro atoms. The monoisotopic (exact) mass is 422 g/mol. The lowest BCUT2D eigenvalue weighted by Gasteiger charge is -2.06. The Morgan fingerprint density at radius 2 is 2.16 bits per heavy atom. The molecule has 0 radical (unpaired) electrons. The first-order valence-corrected chi connectivity index (χ1v) is 9.30. The zero-order valence-electron chi connectivity index (χ0n) is 16.7. The van der Waals surface area contributed by atoms with Gasteiger partial charge in [-0.05, 0) is 51.8 Å². The predicted octanol–water partition coefficient (Wildman–Crippen LogP) is 0.315. The van der Waals surface area contributed by atoms with E-state index in [0.717, 1.165) is 17.7 Å². The van der Waals surface area contributed by atoms with Gasteiger partial charge in [-0.15, -0.1) is 10.2 Å². The van der Waals surface area contributed by atoms with E-state index in [1.54, 1.807) is 6.92 Å². The first kappa shape index (κ1) is 19.8. The number of nitrogen functional groups attached to an aromatic ring is 1. The number of nitrogens with zero attached hydrogens (tertiary/aromatic N) is 10. The van der Waals surface area contributed by atoms with E-state index in [4.69, 9.17) is 5.73 Å². The van der Waals surface area contributed by atoms with Crippen LogP contribution in [0.15, 0.2) is 40.3 Å². The molecule has 3 aromatic heterocycles. The summed E-state index contributed by atoms with van der Waals surface area (Å²) in [6, 6.07) is 7.40. The van der Waals surface area contributed by atoms with Crippen LogP contribution >= 0.6 is 0 Å². The summed E-state index contributed by atoms with van der Waals surface area (Å²) in [5.41, 5.74) is 11.0. The van der Waals surface area contributed by atoms with Crippen molar-refractivity contribution in [2.75, 3.05) is 5.73 Å². The highest BCUT2D eigenvalue weighted by atomic mass is 16.6. The van der Waals surface area contributed by atoms with Crippen LogP contribution in [0.25, 0.3) is 11.5 Å². The van der Waals surface area contributed by atoms with Crippen LogP contribution in [0.1, 0.15) is 42.0 Å². The van der Waals surface area contributed by atoms with E-state index in [9.17, 15) is 4.79 Å². The topological polar surface area (TPSA) is 181 Å². The Kier molecular flexibility index (Phi) is 5.42. The van der Waals surface area contributed by atoms with Gasteiger partial charge in [0, 0.05) is 0 Å². The molecule has 158 valence electrons. The van der Waals surface area contributed by atoms with Gasteiger partial charge in [0.1, 0.15) is 6.33 Å². The number of hydrogen-bond acceptors (Lipinski definition) is 11. The number of hydrazone groups is 1. The maximum Gasteiger partial charge on any atom is 0.293 e. The van der Waals surface area contributed by atoms with Gasteiger partial charge < -0.3 is 5.73 Å². The van der Waals surface area contributed by atoms with Gasteiger partial charge in [0.15, 0.2) is 5.69 Å². The SMILES string of the molecule is CCCc1c(C(=O)NN=C(C)c2cccc(-n3cnnn3)c2)nnn1-c1nonc1N. The summed E-state index contributed by atoms with van der Waals surface area (Å²) >= 11 is 0. The molecule has 0 saturated heterocycles. The molecule has 3 heterocycles. The van der Waals surface area contributed by atoms with Crippen LogP contribution in [0.4, 0.5) is 5.82 Å². The molecule has 0 aliphatic carbocycles. The molecule has 1 aromatic carbocycles. The second-order valence-electron chi connectivity index (χ2n) is 6.46. The van der Waals surface area contributed by atoms with Crippen molar-refractivity contribution in [2.45, 2.75) is 26.7 Å². The van der Waals surface area contributed by atoms with Crippen molar-refractivity contribution in [1.29, 1.82) is 0 Å². The second kappa shape index (κ2) is 8.48. The van der Waals surface area contributed by atoms with Crippen molar-refractivity contribution >= 4 is 17.4 Å². The number of aromatic nitrogens is 9. The van der Waals surface area contributed by atoms with E-state index < -0.39 is 5.91 Å². The maximum atomic E-state index is 12.7. The van der Waals surface area contributed by atoms with E-state index in [-0.39, 0.29) is 17.3 Å². The maximum absolute atomic E-state index is 12.7. The zero-order valence-corrected chi connectivity index (χ0v) is 16.7. The van der Waals surface area contributed by atoms with E-state index >= 15 is 0 Å². The molecule has 14 nitrogen and oxygen atoms in total. The molecule has 0 atom stereocenters. The highest BCUT2D eigenvalue weighted by Crippen LogP contribution is 2.17. The minimum Gasteiger partial charge on any atom is -0.378 e. The third-order valence-electron chi connectivity index (χ3n) is 4.36. The van der Waals surface area contributed by atoms with Gasteiger partial charge in [-0.2, -0.15) is 9.78 Å². The number of rotatable bonds is 7. The van der Waals surface area contributed by atoms with Crippen molar-refractivity contribution in [1.82, 2.24) is 50.9 Å². The molecule has 0 aliphatic rings. The van der Waals surface area contributed by atoms with Crippen LogP contribution in [-0.2, 0) is 6.42 Å². The summed E-state index contributed by atoms with van der Waals surface area (Å²) in [4.78, 5) is 12.7. The summed E-state index contributed by atoms with van der Waals surface area (Å²) in [5.74, 6) is -0.291. The highest BCUT2D eigenvalue weighted by molar-refractivity contribution is 6.01. The molecule has 14 heteroatoms. The Morgan fingerprint density at radius 3 is 2.87 bits per heavy atom. The fraction of sp³-hybridized carbons (Fsp3) is 0.235. The first-order chi connectivity index (χ1) is 15.1. The molecule has 4 aromatic rings. The third kappa shape index (κ3) is 3.98. The normalized spacial score (nSPS) is 11.6. The lowest BCUT2D eigenvalue weighted by molar-refractivity contribution is 0.0948. The Morgan fingerprint density at radius 1 is 1.29 bits per heavy atom. The number of carbonyl (C=O) groups excluding carboxylic acids is 1. The van der Waals surface area contributed by atoms with Crippen LogP contribution in [0.2, 0.25) is 0 Å². The number of nitrogens with two attached hydrogens (primary N) is 1. The van der Waals surface area contributed by atoms with Gasteiger partial charge in [0.25, 0.3) is 5.91 Å². The Hall–Kier alpha value is -4.49. The zero-order chi connectivity index (χ0) is 21.8. The van der Waals surface area contributed by atoms with Crippen molar-refractivity contribution in [3.05, 3.63) is 47.5 Å². The molecule has 0 bridgehead atoms. The molecule has 0 unspecified atom stereocenters. The van der Waals surface area contributed by atoms with Crippen LogP contribution in [0, 0.1) is 0 Å². The summed E-state index contributed by atoms with van der Waals surface area (Å²) in [6.45, 7) is 3.73. The van der Waals surface area contributed by atoms with Crippen LogP contribution in [-0.4, -0.2) is 57.1 Å². The van der Waals surface area contributed by atoms with Crippen LogP contribution < -0.4 is 11.2 Å². The number of amides is 1. The Labute approximate surface area is 175 Å². The van der Waals surface area contributed by atoms with E-state index in [0.29, 0.717) is 17.8 Å². The van der Waals surface area contributed by atoms with Gasteiger partial charge >= 0.3 is 0 Å². The number of benzene rings is 1. The second-order valence-corrected chi connectivity index (χ2v) is 6.46. The standard InChI is InChI=1S/C17H18N12O2/c1-3-5-13-14(21-26-29(13)16-15(18)23-31-24-16)17(30)22-20-10(2)11-6-4-7-12(8-11)28-9-19-25-27-28/h4,6-9H,3,5H2,1-2H3,(H2,18,23)(H,22,30).